The van der Waals surface area contributed by atoms with Gasteiger partial charge >= 0.3 is 18.0 Å². The third-order valence-electron chi connectivity index (χ3n) is 11.7. The van der Waals surface area contributed by atoms with E-state index in [2.05, 4.69) is 5.32 Å². The molecule has 2 bridgehead atoms. The second kappa shape index (κ2) is 13.9. The molecule has 3 aliphatic carbocycles. The fraction of sp³-hybridized carbons (Fsp3) is 0.641. The van der Waals surface area contributed by atoms with Gasteiger partial charge < -0.3 is 49.8 Å². The Hall–Kier alpha value is -3.66. The molecule has 0 unspecified atom stereocenters. The smallest absolute Gasteiger partial charge is 0.408 e. The number of carbonyl (C=O) groups excluding carboxylic acids is 4. The molecule has 1 aliphatic heterocycles. The van der Waals surface area contributed by atoms with E-state index in [0.717, 1.165) is 0 Å². The first-order valence-electron chi connectivity index (χ1n) is 17.9. The number of Topliss-reactive ketones (excluding diaryl/α,β-unsaturated/α-hetero) is 1. The molecular weight excluding hydrogens is 690 g/mol. The third-order valence-corrected chi connectivity index (χ3v) is 11.7. The number of ketones is 1. The molecule has 53 heavy (non-hydrogen) atoms. The van der Waals surface area contributed by atoms with Gasteiger partial charge in [0, 0.05) is 24.2 Å². The normalized spacial score (nSPS) is 35.8. The quantitative estimate of drug-likeness (QED) is 0.134. The zero-order valence-corrected chi connectivity index (χ0v) is 31.7. The van der Waals surface area contributed by atoms with Gasteiger partial charge in [-0.25, -0.2) is 14.4 Å². The number of ether oxygens (including phenoxy) is 4. The van der Waals surface area contributed by atoms with Crippen LogP contribution in [0.15, 0.2) is 53.1 Å². The molecule has 6 N–H and O–H groups in total. The van der Waals surface area contributed by atoms with Gasteiger partial charge in [0.25, 0.3) is 0 Å². The Labute approximate surface area is 309 Å². The standard InChI is InChI=1S/C39H53NO13/c1-19(2)15-22(40-34(47)53-35(4,5)6)27(42)33(46)51-23-17-39(49)31(52-32(45)21-13-11-10-12-14-21)29-37(9,24(41)16-25-38(29,48)18-50-25)30(44)28(43)26(20(23)3)36(39,7)8/h10-15,22-25,27-29,31,41-43,48-49H,16-18H2,1-9H3,(H,40,47)/t22-,23-,24-,25+,27+,28+,29-,31-,37+,38-,39+/m0/s1. The fourth-order valence-corrected chi connectivity index (χ4v) is 8.75. The van der Waals surface area contributed by atoms with Crippen LogP contribution in [-0.2, 0) is 28.5 Å². The van der Waals surface area contributed by atoms with E-state index in [0.29, 0.717) is 5.57 Å². The number of aliphatic hydroxyl groups excluding tert-OH is 3. The Morgan fingerprint density at radius 2 is 1.66 bits per heavy atom. The fourth-order valence-electron chi connectivity index (χ4n) is 8.75. The molecule has 1 saturated heterocycles. The highest BCUT2D eigenvalue weighted by Crippen LogP contribution is 2.63. The van der Waals surface area contributed by atoms with Crippen molar-refractivity contribution in [2.75, 3.05) is 6.61 Å². The Morgan fingerprint density at radius 1 is 1.04 bits per heavy atom. The number of allylic oxidation sites excluding steroid dienone is 1. The first-order chi connectivity index (χ1) is 24.4. The van der Waals surface area contributed by atoms with Crippen LogP contribution in [0.1, 0.15) is 85.5 Å². The van der Waals surface area contributed by atoms with Crippen LogP contribution in [0.5, 0.6) is 0 Å². The second-order valence-corrected chi connectivity index (χ2v) is 16.9. The molecule has 0 radical (unpaired) electrons. The highest BCUT2D eigenvalue weighted by Gasteiger charge is 2.76. The van der Waals surface area contributed by atoms with Gasteiger partial charge in [-0.15, -0.1) is 0 Å². The average Bonchev–Trinajstić information content (AvgIpc) is 3.05. The largest absolute Gasteiger partial charge is 0.456 e. The van der Waals surface area contributed by atoms with E-state index in [1.807, 2.05) is 0 Å². The number of esters is 2. The first kappa shape index (κ1) is 40.5. The number of benzene rings is 1. The molecule has 14 nitrogen and oxygen atoms in total. The maximum atomic E-state index is 14.6. The molecule has 0 spiro atoms. The van der Waals surface area contributed by atoms with Gasteiger partial charge in [-0.05, 0) is 71.7 Å². The van der Waals surface area contributed by atoms with Crippen LogP contribution in [0.2, 0.25) is 0 Å². The number of carbonyl (C=O) groups is 4. The maximum Gasteiger partial charge on any atom is 0.408 e. The van der Waals surface area contributed by atoms with Gasteiger partial charge in [-0.3, -0.25) is 4.79 Å². The van der Waals surface area contributed by atoms with E-state index in [1.165, 1.54) is 32.1 Å². The Kier molecular flexibility index (Phi) is 10.6. The number of hydrogen-bond donors (Lipinski definition) is 6. The van der Waals surface area contributed by atoms with E-state index in [9.17, 15) is 44.7 Å². The van der Waals surface area contributed by atoms with Crippen molar-refractivity contribution in [1.29, 1.82) is 0 Å². The summed E-state index contributed by atoms with van der Waals surface area (Å²) in [7, 11) is 0. The lowest BCUT2D eigenvalue weighted by molar-refractivity contribution is -0.343. The van der Waals surface area contributed by atoms with E-state index < -0.39 is 106 Å². The first-order valence-corrected chi connectivity index (χ1v) is 17.9. The zero-order valence-electron chi connectivity index (χ0n) is 31.7. The summed E-state index contributed by atoms with van der Waals surface area (Å²) in [5.74, 6) is -4.52. The van der Waals surface area contributed by atoms with Crippen LogP contribution >= 0.6 is 0 Å². The van der Waals surface area contributed by atoms with E-state index in [-0.39, 0.29) is 29.7 Å². The summed E-state index contributed by atoms with van der Waals surface area (Å²) < 4.78 is 23.0. The average molecular weight is 744 g/mol. The van der Waals surface area contributed by atoms with Crippen molar-refractivity contribution in [2.45, 2.75) is 135 Å². The molecule has 3 fully saturated rings. The van der Waals surface area contributed by atoms with Crippen molar-refractivity contribution in [3.05, 3.63) is 58.7 Å². The molecule has 1 aromatic rings. The van der Waals surface area contributed by atoms with Crippen LogP contribution in [0.4, 0.5) is 4.79 Å². The van der Waals surface area contributed by atoms with Crippen molar-refractivity contribution < 1.29 is 63.7 Å². The van der Waals surface area contributed by atoms with E-state index in [4.69, 9.17) is 18.9 Å². The third kappa shape index (κ3) is 6.82. The number of rotatable bonds is 7. The number of nitrogens with one attached hydrogen (secondary N) is 1. The van der Waals surface area contributed by atoms with Gasteiger partial charge in [0.05, 0.1) is 35.8 Å². The molecule has 14 heteroatoms. The molecule has 4 aliphatic rings. The molecule has 2 saturated carbocycles. The minimum absolute atomic E-state index is 0.0390. The van der Waals surface area contributed by atoms with Crippen molar-refractivity contribution in [3.8, 4) is 0 Å². The Bertz CT molecular complexity index is 1690. The summed E-state index contributed by atoms with van der Waals surface area (Å²) in [6.45, 7) is 14.0. The number of aliphatic hydroxyl groups is 5. The van der Waals surface area contributed by atoms with E-state index in [1.54, 1.807) is 66.7 Å². The van der Waals surface area contributed by atoms with Gasteiger partial charge in [0.1, 0.15) is 35.1 Å². The molecule has 11 atom stereocenters. The zero-order chi connectivity index (χ0) is 39.6. The Balaban J connectivity index is 1.62. The lowest BCUT2D eigenvalue weighted by Crippen LogP contribution is -2.81. The molecule has 292 valence electrons. The molecule has 5 rings (SSSR count). The van der Waals surface area contributed by atoms with Gasteiger partial charge in [0.2, 0.25) is 0 Å². The molecule has 1 heterocycles. The van der Waals surface area contributed by atoms with Crippen molar-refractivity contribution in [2.24, 2.45) is 16.7 Å². The predicted molar refractivity (Wildman–Crippen MR) is 188 cm³/mol. The number of alkyl carbamates (subject to hydrolysis) is 1. The highest BCUT2D eigenvalue weighted by molar-refractivity contribution is 5.94. The summed E-state index contributed by atoms with van der Waals surface area (Å²) in [6, 6.07) is 6.59. The SMILES string of the molecule is CC(C)=C[C@H](NC(=O)OC(C)(C)C)[C@@H](O)C(=O)O[C@H]1C[C@@]2(O)[C@@H](OC(=O)c3ccccc3)[C@@H]3[C@]4(O)CO[C@@H]4C[C@H](O)[C@@]3(C)C(=O)[C@H](O)C(=C1C)C2(C)C. The number of fused-ring (bicyclic) bond motifs is 5. The van der Waals surface area contributed by atoms with Gasteiger partial charge in [0.15, 0.2) is 11.9 Å². The number of amides is 1. The Morgan fingerprint density at radius 3 is 2.21 bits per heavy atom. The van der Waals surface area contributed by atoms with E-state index >= 15 is 0 Å². The second-order valence-electron chi connectivity index (χ2n) is 16.9. The maximum absolute atomic E-state index is 14.6. The van der Waals surface area contributed by atoms with Crippen LogP contribution in [-0.4, -0.2) is 115 Å². The lowest BCUT2D eigenvalue weighted by atomic mass is 9.44. The van der Waals surface area contributed by atoms with Crippen molar-refractivity contribution in [3.63, 3.8) is 0 Å². The van der Waals surface area contributed by atoms with Crippen molar-refractivity contribution in [1.82, 2.24) is 5.32 Å². The summed E-state index contributed by atoms with van der Waals surface area (Å²) in [4.78, 5) is 54.9. The van der Waals surface area contributed by atoms with Crippen LogP contribution in [0, 0.1) is 16.7 Å². The van der Waals surface area contributed by atoms with Gasteiger partial charge in [-0.2, -0.15) is 0 Å². The van der Waals surface area contributed by atoms with Crippen LogP contribution < -0.4 is 5.32 Å². The van der Waals surface area contributed by atoms with Crippen LogP contribution in [0.25, 0.3) is 0 Å². The molecule has 1 amide bonds. The summed E-state index contributed by atoms with van der Waals surface area (Å²) in [5.41, 5.74) is -7.72. The topological polar surface area (TPSA) is 218 Å². The summed E-state index contributed by atoms with van der Waals surface area (Å²) in [6.07, 6.45) is -9.70. The summed E-state index contributed by atoms with van der Waals surface area (Å²) in [5, 5.41) is 62.7. The highest BCUT2D eigenvalue weighted by atomic mass is 16.6. The number of hydrogen-bond acceptors (Lipinski definition) is 13. The van der Waals surface area contributed by atoms with Crippen molar-refractivity contribution >= 4 is 23.8 Å². The predicted octanol–water partition coefficient (Wildman–Crippen LogP) is 2.28. The summed E-state index contributed by atoms with van der Waals surface area (Å²) >= 11 is 0. The molecular formula is C39H53NO13. The lowest BCUT2D eigenvalue weighted by Gasteiger charge is -2.66. The monoisotopic (exact) mass is 743 g/mol. The minimum atomic E-state index is -2.29. The van der Waals surface area contributed by atoms with Gasteiger partial charge in [-0.1, -0.05) is 43.7 Å². The molecule has 1 aromatic carbocycles. The minimum Gasteiger partial charge on any atom is -0.456 e. The van der Waals surface area contributed by atoms with Crippen LogP contribution in [0.3, 0.4) is 0 Å². The molecule has 0 aromatic heterocycles.